The first kappa shape index (κ1) is 10.9. The third-order valence-corrected chi connectivity index (χ3v) is 3.18. The van der Waals surface area contributed by atoms with E-state index in [1.54, 1.807) is 12.1 Å². The normalized spacial score (nSPS) is 17.8. The molecule has 2 rings (SSSR count). The van der Waals surface area contributed by atoms with Crippen LogP contribution >= 0.6 is 11.6 Å². The molecule has 1 aromatic carbocycles. The van der Waals surface area contributed by atoms with E-state index in [1.165, 1.54) is 18.9 Å². The van der Waals surface area contributed by atoms with Gasteiger partial charge in [0.2, 0.25) is 0 Å². The van der Waals surface area contributed by atoms with Crippen molar-refractivity contribution < 1.29 is 4.39 Å². The number of nitrogens with two attached hydrogens (primary N) is 1. The summed E-state index contributed by atoms with van der Waals surface area (Å²) >= 11 is 5.81. The van der Waals surface area contributed by atoms with E-state index >= 15 is 0 Å². The standard InChI is InChI=1S/C12H15ClFN/c13-9-4-5-11(14)10(7-9)12(15)6-3-8-1-2-8/h4-5,7-8,12H,1-3,6,15H2. The number of hydrogen-bond donors (Lipinski definition) is 1. The third-order valence-electron chi connectivity index (χ3n) is 2.94. The smallest absolute Gasteiger partial charge is 0.128 e. The van der Waals surface area contributed by atoms with Gasteiger partial charge in [-0.2, -0.15) is 0 Å². The monoisotopic (exact) mass is 227 g/mol. The lowest BCUT2D eigenvalue weighted by molar-refractivity contribution is 0.534. The molecule has 1 atom stereocenters. The maximum Gasteiger partial charge on any atom is 0.128 e. The molecule has 1 nitrogen and oxygen atoms in total. The maximum atomic E-state index is 13.4. The lowest BCUT2D eigenvalue weighted by Gasteiger charge is -2.12. The maximum absolute atomic E-state index is 13.4. The summed E-state index contributed by atoms with van der Waals surface area (Å²) in [5.74, 6) is 0.584. The Morgan fingerprint density at radius 3 is 2.87 bits per heavy atom. The Balaban J connectivity index is 2.02. The molecule has 2 N–H and O–H groups in total. The van der Waals surface area contributed by atoms with Gasteiger partial charge in [-0.25, -0.2) is 4.39 Å². The Kier molecular flexibility index (Phi) is 3.27. The summed E-state index contributed by atoms with van der Waals surface area (Å²) in [7, 11) is 0. The lowest BCUT2D eigenvalue weighted by Crippen LogP contribution is -2.12. The minimum atomic E-state index is -0.248. The Labute approximate surface area is 94.4 Å². The van der Waals surface area contributed by atoms with E-state index in [-0.39, 0.29) is 11.9 Å². The molecule has 0 radical (unpaired) electrons. The molecule has 1 aromatic rings. The highest BCUT2D eigenvalue weighted by molar-refractivity contribution is 6.30. The second-order valence-electron chi connectivity index (χ2n) is 4.29. The van der Waals surface area contributed by atoms with Gasteiger partial charge >= 0.3 is 0 Å². The average Bonchev–Trinajstić information content (AvgIpc) is 3.02. The molecule has 0 aromatic heterocycles. The van der Waals surface area contributed by atoms with Gasteiger partial charge in [-0.15, -0.1) is 0 Å². The van der Waals surface area contributed by atoms with Crippen molar-refractivity contribution >= 4 is 11.6 Å². The molecule has 1 fully saturated rings. The van der Waals surface area contributed by atoms with Crippen molar-refractivity contribution in [3.05, 3.63) is 34.6 Å². The SMILES string of the molecule is NC(CCC1CC1)c1cc(Cl)ccc1F. The van der Waals surface area contributed by atoms with Crippen LogP contribution < -0.4 is 5.73 Å². The fourth-order valence-electron chi connectivity index (χ4n) is 1.78. The van der Waals surface area contributed by atoms with Crippen LogP contribution in [0.3, 0.4) is 0 Å². The molecular formula is C12H15ClFN. The molecule has 3 heteroatoms. The van der Waals surface area contributed by atoms with E-state index in [2.05, 4.69) is 0 Å². The van der Waals surface area contributed by atoms with Crippen LogP contribution in [-0.2, 0) is 0 Å². The lowest BCUT2D eigenvalue weighted by atomic mass is 10.0. The van der Waals surface area contributed by atoms with Crippen molar-refractivity contribution in [3.8, 4) is 0 Å². The van der Waals surface area contributed by atoms with Gasteiger partial charge in [0, 0.05) is 16.6 Å². The molecule has 0 spiro atoms. The van der Waals surface area contributed by atoms with Crippen LogP contribution in [0.25, 0.3) is 0 Å². The van der Waals surface area contributed by atoms with Gasteiger partial charge in [-0.3, -0.25) is 0 Å². The number of hydrogen-bond acceptors (Lipinski definition) is 1. The van der Waals surface area contributed by atoms with Crippen LogP contribution in [0.4, 0.5) is 4.39 Å². The molecule has 1 saturated carbocycles. The topological polar surface area (TPSA) is 26.0 Å². The molecule has 1 aliphatic rings. The van der Waals surface area contributed by atoms with Gasteiger partial charge in [0.15, 0.2) is 0 Å². The minimum Gasteiger partial charge on any atom is -0.324 e. The predicted molar refractivity (Wildman–Crippen MR) is 60.3 cm³/mol. The Morgan fingerprint density at radius 2 is 2.20 bits per heavy atom. The van der Waals surface area contributed by atoms with E-state index in [4.69, 9.17) is 17.3 Å². The summed E-state index contributed by atoms with van der Waals surface area (Å²) in [5, 5.41) is 0.549. The minimum absolute atomic E-state index is 0.218. The van der Waals surface area contributed by atoms with Gasteiger partial charge in [0.05, 0.1) is 0 Å². The molecule has 1 aliphatic carbocycles. The first-order chi connectivity index (χ1) is 7.16. The number of benzene rings is 1. The van der Waals surface area contributed by atoms with E-state index in [1.807, 2.05) is 0 Å². The first-order valence-electron chi connectivity index (χ1n) is 5.37. The summed E-state index contributed by atoms with van der Waals surface area (Å²) in [6.45, 7) is 0. The van der Waals surface area contributed by atoms with Crippen molar-refractivity contribution in [3.63, 3.8) is 0 Å². The Morgan fingerprint density at radius 1 is 1.47 bits per heavy atom. The fourth-order valence-corrected chi connectivity index (χ4v) is 1.96. The molecule has 1 unspecified atom stereocenters. The zero-order valence-electron chi connectivity index (χ0n) is 8.55. The summed E-state index contributed by atoms with van der Waals surface area (Å²) in [4.78, 5) is 0. The highest BCUT2D eigenvalue weighted by atomic mass is 35.5. The van der Waals surface area contributed by atoms with E-state index < -0.39 is 0 Å². The molecule has 82 valence electrons. The fraction of sp³-hybridized carbons (Fsp3) is 0.500. The highest BCUT2D eigenvalue weighted by Gasteiger charge is 2.22. The van der Waals surface area contributed by atoms with Crippen molar-refractivity contribution in [1.29, 1.82) is 0 Å². The summed E-state index contributed by atoms with van der Waals surface area (Å²) in [6, 6.07) is 4.35. The van der Waals surface area contributed by atoms with Crippen molar-refractivity contribution in [2.24, 2.45) is 11.7 Å². The highest BCUT2D eigenvalue weighted by Crippen LogP contribution is 2.35. The first-order valence-corrected chi connectivity index (χ1v) is 5.75. The molecule has 0 bridgehead atoms. The van der Waals surface area contributed by atoms with Crippen LogP contribution in [0.15, 0.2) is 18.2 Å². The predicted octanol–water partition coefficient (Wildman–Crippen LogP) is 3.67. The average molecular weight is 228 g/mol. The van der Waals surface area contributed by atoms with Gasteiger partial charge in [-0.05, 0) is 37.0 Å². The second kappa shape index (κ2) is 4.50. The van der Waals surface area contributed by atoms with Gasteiger partial charge in [0.25, 0.3) is 0 Å². The van der Waals surface area contributed by atoms with E-state index in [9.17, 15) is 4.39 Å². The Bertz CT molecular complexity index is 349. The molecule has 0 aliphatic heterocycles. The zero-order chi connectivity index (χ0) is 10.8. The molecule has 0 heterocycles. The second-order valence-corrected chi connectivity index (χ2v) is 4.73. The molecule has 15 heavy (non-hydrogen) atoms. The van der Waals surface area contributed by atoms with Gasteiger partial charge < -0.3 is 5.73 Å². The van der Waals surface area contributed by atoms with Crippen LogP contribution in [0.2, 0.25) is 5.02 Å². The quantitative estimate of drug-likeness (QED) is 0.835. The number of halogens is 2. The van der Waals surface area contributed by atoms with Gasteiger partial charge in [-0.1, -0.05) is 24.4 Å². The third kappa shape index (κ3) is 2.93. The van der Waals surface area contributed by atoms with Crippen molar-refractivity contribution in [2.75, 3.05) is 0 Å². The van der Waals surface area contributed by atoms with Crippen LogP contribution in [-0.4, -0.2) is 0 Å². The van der Waals surface area contributed by atoms with Crippen LogP contribution in [0.5, 0.6) is 0 Å². The van der Waals surface area contributed by atoms with Gasteiger partial charge in [0.1, 0.15) is 5.82 Å². The number of rotatable bonds is 4. The summed E-state index contributed by atoms with van der Waals surface area (Å²) in [5.41, 5.74) is 6.49. The zero-order valence-corrected chi connectivity index (χ0v) is 9.30. The summed E-state index contributed by atoms with van der Waals surface area (Å²) in [6.07, 6.45) is 4.57. The van der Waals surface area contributed by atoms with Crippen molar-refractivity contribution in [1.82, 2.24) is 0 Å². The molecule has 0 saturated heterocycles. The largest absolute Gasteiger partial charge is 0.324 e. The van der Waals surface area contributed by atoms with Crippen LogP contribution in [0.1, 0.15) is 37.3 Å². The van der Waals surface area contributed by atoms with Crippen LogP contribution in [0, 0.1) is 11.7 Å². The summed E-state index contributed by atoms with van der Waals surface area (Å²) < 4.78 is 13.4. The van der Waals surface area contributed by atoms with E-state index in [0.717, 1.165) is 18.8 Å². The Hall–Kier alpha value is -0.600. The molecule has 0 amide bonds. The van der Waals surface area contributed by atoms with Crippen molar-refractivity contribution in [2.45, 2.75) is 31.7 Å². The van der Waals surface area contributed by atoms with E-state index in [0.29, 0.717) is 10.6 Å². The molecular weight excluding hydrogens is 213 g/mol.